The zero-order chi connectivity index (χ0) is 23.0. The highest BCUT2D eigenvalue weighted by Gasteiger charge is 2.26. The van der Waals surface area contributed by atoms with E-state index in [0.717, 1.165) is 11.3 Å². The summed E-state index contributed by atoms with van der Waals surface area (Å²) in [6.07, 6.45) is 0. The number of carbonyl (C=O) groups is 2. The van der Waals surface area contributed by atoms with Gasteiger partial charge in [-0.2, -0.15) is 0 Å². The number of halogens is 2. The minimum Gasteiger partial charge on any atom is -0.354 e. The monoisotopic (exact) mass is 480 g/mol. The number of nitrogens with zero attached hydrogens (tertiary/aromatic N) is 1. The first-order chi connectivity index (χ1) is 14.7. The summed E-state index contributed by atoms with van der Waals surface area (Å²) >= 11 is 13.7. The summed E-state index contributed by atoms with van der Waals surface area (Å²) in [5, 5.41) is 3.81. The summed E-state index contributed by atoms with van der Waals surface area (Å²) < 4.78 is 0. The fraction of sp³-hybridized carbons (Fsp3) is 0.417. The molecule has 2 amide bonds. The molecule has 31 heavy (non-hydrogen) atoms. The van der Waals surface area contributed by atoms with Crippen molar-refractivity contribution < 1.29 is 9.59 Å². The Kier molecular flexibility index (Phi) is 10.2. The van der Waals surface area contributed by atoms with Gasteiger partial charge in [-0.3, -0.25) is 9.59 Å². The summed E-state index contributed by atoms with van der Waals surface area (Å²) in [4.78, 5) is 27.4. The zero-order valence-electron chi connectivity index (χ0n) is 18.5. The number of aryl methyl sites for hydroxylation is 1. The smallest absolute Gasteiger partial charge is 0.242 e. The Morgan fingerprint density at radius 1 is 1.06 bits per heavy atom. The number of rotatable bonds is 10. The topological polar surface area (TPSA) is 49.4 Å². The highest BCUT2D eigenvalue weighted by Crippen LogP contribution is 2.24. The van der Waals surface area contributed by atoms with E-state index in [1.165, 1.54) is 11.1 Å². The minimum absolute atomic E-state index is 0.0862. The van der Waals surface area contributed by atoms with Crippen molar-refractivity contribution >= 4 is 46.8 Å². The first-order valence-corrected chi connectivity index (χ1v) is 12.2. The van der Waals surface area contributed by atoms with E-state index in [0.29, 0.717) is 22.5 Å². The third-order valence-corrected chi connectivity index (χ3v) is 6.64. The molecule has 2 rings (SSSR count). The van der Waals surface area contributed by atoms with Crippen LogP contribution >= 0.6 is 35.0 Å². The highest BCUT2D eigenvalue weighted by molar-refractivity contribution is 7.99. The molecule has 0 saturated carbocycles. The Hall–Kier alpha value is -1.69. The van der Waals surface area contributed by atoms with Crippen molar-refractivity contribution in [3.05, 3.63) is 69.2 Å². The lowest BCUT2D eigenvalue weighted by atomic mass is 10.1. The van der Waals surface area contributed by atoms with Crippen LogP contribution in [0.15, 0.2) is 42.5 Å². The van der Waals surface area contributed by atoms with Crippen molar-refractivity contribution in [1.82, 2.24) is 10.2 Å². The lowest BCUT2D eigenvalue weighted by Gasteiger charge is -2.29. The third-order valence-electron chi connectivity index (χ3n) is 4.93. The van der Waals surface area contributed by atoms with Gasteiger partial charge in [0.05, 0.1) is 15.8 Å². The van der Waals surface area contributed by atoms with Crippen molar-refractivity contribution in [2.24, 2.45) is 5.92 Å². The number of hydrogen-bond donors (Lipinski definition) is 1. The second kappa shape index (κ2) is 12.4. The van der Waals surface area contributed by atoms with Gasteiger partial charge in [0.15, 0.2) is 0 Å². The van der Waals surface area contributed by atoms with Gasteiger partial charge in [0, 0.05) is 18.8 Å². The SMILES string of the molecule is Cc1ccccc1CSCC(=O)N(Cc1ccc(Cl)c(Cl)c1)[C@H](C)C(=O)NCC(C)C. The molecule has 0 saturated heterocycles. The Morgan fingerprint density at radius 3 is 2.42 bits per heavy atom. The van der Waals surface area contributed by atoms with Crippen LogP contribution in [0.2, 0.25) is 10.0 Å². The van der Waals surface area contributed by atoms with E-state index in [2.05, 4.69) is 24.4 Å². The van der Waals surface area contributed by atoms with Crippen LogP contribution in [-0.4, -0.2) is 35.1 Å². The molecule has 2 aromatic rings. The molecule has 0 aliphatic carbocycles. The van der Waals surface area contributed by atoms with Gasteiger partial charge in [-0.25, -0.2) is 0 Å². The van der Waals surface area contributed by atoms with Gasteiger partial charge in [-0.15, -0.1) is 11.8 Å². The average Bonchev–Trinajstić information content (AvgIpc) is 2.73. The quantitative estimate of drug-likeness (QED) is 0.472. The summed E-state index contributed by atoms with van der Waals surface area (Å²) in [5.74, 6) is 1.12. The molecule has 0 bridgehead atoms. The van der Waals surface area contributed by atoms with Crippen LogP contribution in [0.25, 0.3) is 0 Å². The number of thioether (sulfide) groups is 1. The molecule has 2 aromatic carbocycles. The Bertz CT molecular complexity index is 905. The van der Waals surface area contributed by atoms with E-state index in [-0.39, 0.29) is 24.1 Å². The number of hydrogen-bond acceptors (Lipinski definition) is 3. The van der Waals surface area contributed by atoms with Gasteiger partial charge < -0.3 is 10.2 Å². The second-order valence-electron chi connectivity index (χ2n) is 8.00. The summed E-state index contributed by atoms with van der Waals surface area (Å²) in [7, 11) is 0. The Morgan fingerprint density at radius 2 is 1.77 bits per heavy atom. The van der Waals surface area contributed by atoms with Crippen molar-refractivity contribution in [2.75, 3.05) is 12.3 Å². The van der Waals surface area contributed by atoms with E-state index in [1.54, 1.807) is 35.7 Å². The molecule has 0 fully saturated rings. The molecule has 168 valence electrons. The summed E-state index contributed by atoms with van der Waals surface area (Å²) in [6, 6.07) is 12.8. The van der Waals surface area contributed by atoms with Gasteiger partial charge in [0.1, 0.15) is 6.04 Å². The highest BCUT2D eigenvalue weighted by atomic mass is 35.5. The number of amides is 2. The maximum absolute atomic E-state index is 13.1. The number of benzene rings is 2. The first kappa shape index (κ1) is 25.6. The lowest BCUT2D eigenvalue weighted by molar-refractivity contribution is -0.138. The van der Waals surface area contributed by atoms with E-state index >= 15 is 0 Å². The lowest BCUT2D eigenvalue weighted by Crippen LogP contribution is -2.48. The Balaban J connectivity index is 2.10. The van der Waals surface area contributed by atoms with E-state index in [1.807, 2.05) is 32.0 Å². The molecule has 1 N–H and O–H groups in total. The predicted octanol–water partition coefficient (Wildman–Crippen LogP) is 5.72. The van der Waals surface area contributed by atoms with Crippen molar-refractivity contribution in [2.45, 2.75) is 46.0 Å². The molecule has 4 nitrogen and oxygen atoms in total. The molecular weight excluding hydrogens is 451 g/mol. The largest absolute Gasteiger partial charge is 0.354 e. The van der Waals surface area contributed by atoms with E-state index in [4.69, 9.17) is 23.2 Å². The van der Waals surface area contributed by atoms with Gasteiger partial charge >= 0.3 is 0 Å². The standard InChI is InChI=1S/C24H30Cl2N2O2S/c1-16(2)12-27-24(30)18(4)28(13-19-9-10-21(25)22(26)11-19)23(29)15-31-14-20-8-6-5-7-17(20)3/h5-11,16,18H,12-15H2,1-4H3,(H,27,30)/t18-/m1/s1. The van der Waals surface area contributed by atoms with Crippen LogP contribution < -0.4 is 5.32 Å². The second-order valence-corrected chi connectivity index (χ2v) is 9.80. The first-order valence-electron chi connectivity index (χ1n) is 10.3. The fourth-order valence-electron chi connectivity index (χ4n) is 2.97. The molecule has 0 radical (unpaired) electrons. The van der Waals surface area contributed by atoms with Crippen LogP contribution in [0.5, 0.6) is 0 Å². The molecule has 0 aliphatic rings. The van der Waals surface area contributed by atoms with Crippen molar-refractivity contribution in [3.8, 4) is 0 Å². The molecular formula is C24H30Cl2N2O2S. The van der Waals surface area contributed by atoms with Crippen LogP contribution in [0.1, 0.15) is 37.5 Å². The summed E-state index contributed by atoms with van der Waals surface area (Å²) in [6.45, 7) is 8.75. The zero-order valence-corrected chi connectivity index (χ0v) is 20.8. The molecule has 0 aromatic heterocycles. The molecule has 0 unspecified atom stereocenters. The molecule has 1 atom stereocenters. The molecule has 0 heterocycles. The van der Waals surface area contributed by atoms with E-state index < -0.39 is 6.04 Å². The molecule has 0 aliphatic heterocycles. The number of nitrogens with one attached hydrogen (secondary N) is 1. The van der Waals surface area contributed by atoms with Gasteiger partial charge in [-0.05, 0) is 48.6 Å². The number of carbonyl (C=O) groups excluding carboxylic acids is 2. The van der Waals surface area contributed by atoms with E-state index in [9.17, 15) is 9.59 Å². The van der Waals surface area contributed by atoms with Gasteiger partial charge in [0.25, 0.3) is 0 Å². The molecule has 7 heteroatoms. The maximum Gasteiger partial charge on any atom is 0.242 e. The van der Waals surface area contributed by atoms with Crippen LogP contribution in [0, 0.1) is 12.8 Å². The van der Waals surface area contributed by atoms with Crippen molar-refractivity contribution in [1.29, 1.82) is 0 Å². The maximum atomic E-state index is 13.1. The minimum atomic E-state index is -0.597. The average molecular weight is 481 g/mol. The Labute approximate surface area is 199 Å². The van der Waals surface area contributed by atoms with Crippen LogP contribution in [0.4, 0.5) is 0 Å². The normalized spacial score (nSPS) is 12.0. The van der Waals surface area contributed by atoms with Crippen LogP contribution in [-0.2, 0) is 21.9 Å². The summed E-state index contributed by atoms with van der Waals surface area (Å²) in [5.41, 5.74) is 3.24. The van der Waals surface area contributed by atoms with Gasteiger partial charge in [-0.1, -0.05) is 67.4 Å². The fourth-order valence-corrected chi connectivity index (χ4v) is 4.28. The predicted molar refractivity (Wildman–Crippen MR) is 132 cm³/mol. The third kappa shape index (κ3) is 8.06. The van der Waals surface area contributed by atoms with Gasteiger partial charge in [0.2, 0.25) is 11.8 Å². The van der Waals surface area contributed by atoms with Crippen molar-refractivity contribution in [3.63, 3.8) is 0 Å². The molecule has 0 spiro atoms. The van der Waals surface area contributed by atoms with Crippen LogP contribution in [0.3, 0.4) is 0 Å².